The van der Waals surface area contributed by atoms with Gasteiger partial charge < -0.3 is 20.9 Å². The Labute approximate surface area is 124 Å². The molecule has 1 saturated heterocycles. The molecule has 1 amide bonds. The van der Waals surface area contributed by atoms with Crippen LogP contribution in [0.2, 0.25) is 0 Å². The van der Waals surface area contributed by atoms with E-state index < -0.39 is 0 Å². The second-order valence-corrected chi connectivity index (χ2v) is 5.39. The fraction of sp³-hybridized carbons (Fsp3) is 0.500. The summed E-state index contributed by atoms with van der Waals surface area (Å²) in [7, 11) is 3.92. The van der Waals surface area contributed by atoms with Crippen molar-refractivity contribution >= 4 is 17.7 Å². The number of anilines is 2. The topological polar surface area (TPSA) is 87.4 Å². The maximum Gasteiger partial charge on any atom is 0.243 e. The fourth-order valence-electron chi connectivity index (χ4n) is 2.19. The van der Waals surface area contributed by atoms with Crippen LogP contribution >= 0.6 is 0 Å². The Morgan fingerprint density at radius 1 is 1.62 bits per heavy atom. The van der Waals surface area contributed by atoms with Crippen molar-refractivity contribution in [1.29, 1.82) is 0 Å². The number of hydrogen-bond donors (Lipinski definition) is 2. The molecule has 0 aliphatic carbocycles. The predicted octanol–water partition coefficient (Wildman–Crippen LogP) is -0.128. The predicted molar refractivity (Wildman–Crippen MR) is 82.9 cm³/mol. The highest BCUT2D eigenvalue weighted by molar-refractivity contribution is 5.87. The molecule has 114 valence electrons. The molecule has 0 saturated carbocycles. The van der Waals surface area contributed by atoms with Crippen LogP contribution in [0, 0.1) is 0 Å². The van der Waals surface area contributed by atoms with Crippen LogP contribution in [0.25, 0.3) is 0 Å². The summed E-state index contributed by atoms with van der Waals surface area (Å²) in [6.07, 6.45) is 5.96. The van der Waals surface area contributed by atoms with Crippen molar-refractivity contribution in [2.24, 2.45) is 0 Å². The molecule has 21 heavy (non-hydrogen) atoms. The second-order valence-electron chi connectivity index (χ2n) is 5.39. The number of rotatable bonds is 5. The number of nitrogens with two attached hydrogens (primary N) is 1. The minimum absolute atomic E-state index is 0.0582. The van der Waals surface area contributed by atoms with E-state index >= 15 is 0 Å². The van der Waals surface area contributed by atoms with Gasteiger partial charge >= 0.3 is 0 Å². The maximum absolute atomic E-state index is 11.8. The highest BCUT2D eigenvalue weighted by Gasteiger charge is 2.25. The number of aromatic nitrogens is 2. The van der Waals surface area contributed by atoms with E-state index in [2.05, 4.69) is 15.3 Å². The van der Waals surface area contributed by atoms with E-state index in [9.17, 15) is 4.79 Å². The Hall–Kier alpha value is -2.15. The lowest BCUT2D eigenvalue weighted by Gasteiger charge is -2.16. The Morgan fingerprint density at radius 3 is 3.14 bits per heavy atom. The summed E-state index contributed by atoms with van der Waals surface area (Å²) >= 11 is 0. The van der Waals surface area contributed by atoms with Gasteiger partial charge in [-0.1, -0.05) is 6.08 Å². The van der Waals surface area contributed by atoms with Crippen molar-refractivity contribution in [2.45, 2.75) is 12.5 Å². The standard InChI is InChI=1S/C14H22N6O/c1-19(2)8-3-4-13(21)17-11-6-9-20(10-11)14-16-7-5-12(15)18-14/h3-5,7,11H,6,8-10H2,1-2H3,(H,17,21)(H2,15,16,18)/b4-3+/t11-/m1/s1. The smallest absolute Gasteiger partial charge is 0.243 e. The Balaban J connectivity index is 1.82. The van der Waals surface area contributed by atoms with E-state index in [-0.39, 0.29) is 11.9 Å². The first-order valence-corrected chi connectivity index (χ1v) is 7.00. The maximum atomic E-state index is 11.8. The Morgan fingerprint density at radius 2 is 2.43 bits per heavy atom. The molecule has 7 nitrogen and oxygen atoms in total. The molecule has 0 spiro atoms. The zero-order valence-corrected chi connectivity index (χ0v) is 12.5. The van der Waals surface area contributed by atoms with E-state index in [1.807, 2.05) is 30.0 Å². The number of nitrogen functional groups attached to an aromatic ring is 1. The summed E-state index contributed by atoms with van der Waals surface area (Å²) in [5.41, 5.74) is 5.66. The molecule has 1 fully saturated rings. The van der Waals surface area contributed by atoms with Gasteiger partial charge in [0.1, 0.15) is 5.82 Å². The third-order valence-electron chi connectivity index (χ3n) is 3.22. The zero-order valence-electron chi connectivity index (χ0n) is 12.5. The van der Waals surface area contributed by atoms with Gasteiger partial charge in [-0.2, -0.15) is 4.98 Å². The van der Waals surface area contributed by atoms with Crippen LogP contribution in [0.3, 0.4) is 0 Å². The molecule has 1 aromatic heterocycles. The van der Waals surface area contributed by atoms with Gasteiger partial charge in [-0.3, -0.25) is 4.79 Å². The summed E-state index contributed by atoms with van der Waals surface area (Å²) in [6, 6.07) is 1.78. The number of hydrogen-bond acceptors (Lipinski definition) is 6. The van der Waals surface area contributed by atoms with Crippen LogP contribution in [0.1, 0.15) is 6.42 Å². The van der Waals surface area contributed by atoms with Crippen LogP contribution in [0.4, 0.5) is 11.8 Å². The first-order chi connectivity index (χ1) is 10.0. The van der Waals surface area contributed by atoms with Crippen LogP contribution < -0.4 is 16.0 Å². The van der Waals surface area contributed by atoms with Crippen LogP contribution in [-0.4, -0.2) is 60.5 Å². The van der Waals surface area contributed by atoms with Crippen LogP contribution in [0.5, 0.6) is 0 Å². The van der Waals surface area contributed by atoms with Gasteiger partial charge in [-0.25, -0.2) is 4.98 Å². The number of amides is 1. The highest BCUT2D eigenvalue weighted by Crippen LogP contribution is 2.16. The minimum atomic E-state index is -0.0582. The van der Waals surface area contributed by atoms with E-state index in [1.54, 1.807) is 18.3 Å². The number of nitrogens with one attached hydrogen (secondary N) is 1. The number of likely N-dealkylation sites (N-methyl/N-ethyl adjacent to an activating group) is 1. The molecule has 1 aromatic rings. The largest absolute Gasteiger partial charge is 0.384 e. The third kappa shape index (κ3) is 4.71. The second kappa shape index (κ2) is 7.03. The first-order valence-electron chi connectivity index (χ1n) is 7.00. The van der Waals surface area contributed by atoms with E-state index in [1.165, 1.54) is 0 Å². The van der Waals surface area contributed by atoms with Gasteiger partial charge in [0.25, 0.3) is 0 Å². The van der Waals surface area contributed by atoms with Gasteiger partial charge in [0.15, 0.2) is 0 Å². The van der Waals surface area contributed by atoms with E-state index in [4.69, 9.17) is 5.73 Å². The molecule has 0 radical (unpaired) electrons. The normalized spacial score (nSPS) is 18.6. The van der Waals surface area contributed by atoms with E-state index in [0.29, 0.717) is 18.3 Å². The molecule has 0 bridgehead atoms. The number of carbonyl (C=O) groups is 1. The summed E-state index contributed by atoms with van der Waals surface area (Å²) in [5.74, 6) is 1.02. The van der Waals surface area contributed by atoms with Crippen molar-refractivity contribution in [3.8, 4) is 0 Å². The van der Waals surface area contributed by atoms with Gasteiger partial charge in [0, 0.05) is 37.9 Å². The molecular formula is C14H22N6O. The van der Waals surface area contributed by atoms with Crippen molar-refractivity contribution in [3.05, 3.63) is 24.4 Å². The summed E-state index contributed by atoms with van der Waals surface area (Å²) in [6.45, 7) is 2.27. The summed E-state index contributed by atoms with van der Waals surface area (Å²) in [5, 5.41) is 2.99. The molecule has 3 N–H and O–H groups in total. The molecule has 1 aliphatic heterocycles. The molecule has 0 unspecified atom stereocenters. The molecule has 2 rings (SSSR count). The van der Waals surface area contributed by atoms with Crippen LogP contribution in [0.15, 0.2) is 24.4 Å². The van der Waals surface area contributed by atoms with Gasteiger partial charge in [0.05, 0.1) is 0 Å². The van der Waals surface area contributed by atoms with Crippen molar-refractivity contribution in [1.82, 2.24) is 20.2 Å². The molecule has 7 heteroatoms. The summed E-state index contributed by atoms with van der Waals surface area (Å²) in [4.78, 5) is 24.2. The molecular weight excluding hydrogens is 268 g/mol. The van der Waals surface area contributed by atoms with Crippen molar-refractivity contribution in [2.75, 3.05) is 44.4 Å². The van der Waals surface area contributed by atoms with Crippen molar-refractivity contribution < 1.29 is 4.79 Å². The zero-order chi connectivity index (χ0) is 15.2. The minimum Gasteiger partial charge on any atom is -0.384 e. The summed E-state index contributed by atoms with van der Waals surface area (Å²) < 4.78 is 0. The lowest BCUT2D eigenvalue weighted by molar-refractivity contribution is -0.117. The third-order valence-corrected chi connectivity index (χ3v) is 3.22. The first kappa shape index (κ1) is 15.2. The molecule has 2 heterocycles. The van der Waals surface area contributed by atoms with Crippen LogP contribution in [-0.2, 0) is 4.79 Å². The SMILES string of the molecule is CN(C)C/C=C/C(=O)N[C@@H]1CCN(c2nccc(N)n2)C1. The average Bonchev–Trinajstić information content (AvgIpc) is 2.86. The number of carbonyl (C=O) groups excluding carboxylic acids is 1. The lowest BCUT2D eigenvalue weighted by Crippen LogP contribution is -2.36. The quantitative estimate of drug-likeness (QED) is 0.735. The highest BCUT2D eigenvalue weighted by atomic mass is 16.1. The van der Waals surface area contributed by atoms with Gasteiger partial charge in [0.2, 0.25) is 11.9 Å². The molecule has 0 aromatic carbocycles. The van der Waals surface area contributed by atoms with Gasteiger partial charge in [-0.05, 0) is 26.6 Å². The molecule has 1 atom stereocenters. The molecule has 1 aliphatic rings. The van der Waals surface area contributed by atoms with Crippen molar-refractivity contribution in [3.63, 3.8) is 0 Å². The Bertz CT molecular complexity index is 516. The number of nitrogens with zero attached hydrogens (tertiary/aromatic N) is 4. The average molecular weight is 290 g/mol. The monoisotopic (exact) mass is 290 g/mol. The van der Waals surface area contributed by atoms with E-state index in [0.717, 1.165) is 19.5 Å². The lowest BCUT2D eigenvalue weighted by atomic mass is 10.2. The van der Waals surface area contributed by atoms with Gasteiger partial charge in [-0.15, -0.1) is 0 Å². The Kier molecular flexibility index (Phi) is 5.10. The fourth-order valence-corrected chi connectivity index (χ4v) is 2.19.